The summed E-state index contributed by atoms with van der Waals surface area (Å²) in [5, 5.41) is 9.10. The number of pyridine rings is 1. The van der Waals surface area contributed by atoms with E-state index >= 15 is 0 Å². The number of ether oxygens (including phenoxy) is 1. The van der Waals surface area contributed by atoms with Crippen molar-refractivity contribution in [2.75, 3.05) is 7.11 Å². The highest BCUT2D eigenvalue weighted by molar-refractivity contribution is 6.31. The Balaban J connectivity index is 2.83. The van der Waals surface area contributed by atoms with Gasteiger partial charge in [-0.1, -0.05) is 11.6 Å². The molecule has 20 heavy (non-hydrogen) atoms. The molecule has 1 aromatic carbocycles. The van der Waals surface area contributed by atoms with Crippen molar-refractivity contribution in [3.63, 3.8) is 0 Å². The minimum absolute atomic E-state index is 0.0166. The molecule has 2 rings (SSSR count). The van der Waals surface area contributed by atoms with E-state index in [9.17, 15) is 14.3 Å². The maximum atomic E-state index is 14.3. The summed E-state index contributed by atoms with van der Waals surface area (Å²) in [6.07, 6.45) is 1.19. The average Bonchev–Trinajstić information content (AvgIpc) is 2.41. The van der Waals surface area contributed by atoms with E-state index in [4.69, 9.17) is 16.3 Å². The Morgan fingerprint density at radius 3 is 2.75 bits per heavy atom. The molecule has 2 aromatic rings. The zero-order valence-corrected chi connectivity index (χ0v) is 11.5. The number of carboxylic acid groups (broad SMARTS) is 1. The fraction of sp³-hybridized carbons (Fsp3) is 0.143. The van der Waals surface area contributed by atoms with Crippen LogP contribution in [0.3, 0.4) is 0 Å². The monoisotopic (exact) mass is 295 g/mol. The first-order valence-corrected chi connectivity index (χ1v) is 6.05. The van der Waals surface area contributed by atoms with Crippen molar-refractivity contribution in [1.29, 1.82) is 0 Å². The van der Waals surface area contributed by atoms with E-state index in [1.54, 1.807) is 6.92 Å². The summed E-state index contributed by atoms with van der Waals surface area (Å²) in [4.78, 5) is 15.2. The van der Waals surface area contributed by atoms with Crippen molar-refractivity contribution in [3.8, 4) is 16.9 Å². The van der Waals surface area contributed by atoms with Gasteiger partial charge in [0, 0.05) is 17.5 Å². The van der Waals surface area contributed by atoms with Crippen LogP contribution in [-0.2, 0) is 0 Å². The number of carboxylic acids is 1. The van der Waals surface area contributed by atoms with Gasteiger partial charge in [0.25, 0.3) is 0 Å². The molecular weight excluding hydrogens is 285 g/mol. The van der Waals surface area contributed by atoms with E-state index in [0.29, 0.717) is 5.69 Å². The van der Waals surface area contributed by atoms with Gasteiger partial charge in [0.05, 0.1) is 23.3 Å². The molecule has 0 aliphatic heterocycles. The number of hydrogen-bond acceptors (Lipinski definition) is 3. The SMILES string of the molecule is COc1ccc(Cl)c(F)c1-c1cc(C)ncc1C(=O)O. The van der Waals surface area contributed by atoms with Crippen molar-refractivity contribution in [2.45, 2.75) is 6.92 Å². The third-order valence-corrected chi connectivity index (χ3v) is 3.11. The molecule has 0 bridgehead atoms. The molecule has 0 saturated carbocycles. The smallest absolute Gasteiger partial charge is 0.337 e. The van der Waals surface area contributed by atoms with Crippen LogP contribution in [0.2, 0.25) is 5.02 Å². The largest absolute Gasteiger partial charge is 0.496 e. The Morgan fingerprint density at radius 1 is 1.45 bits per heavy atom. The highest BCUT2D eigenvalue weighted by Gasteiger charge is 2.21. The minimum atomic E-state index is -1.20. The zero-order chi connectivity index (χ0) is 14.9. The van der Waals surface area contributed by atoms with Crippen LogP contribution in [0.5, 0.6) is 5.75 Å². The number of benzene rings is 1. The fourth-order valence-electron chi connectivity index (χ4n) is 1.89. The van der Waals surface area contributed by atoms with E-state index in [1.165, 1.54) is 31.5 Å². The van der Waals surface area contributed by atoms with Gasteiger partial charge < -0.3 is 9.84 Å². The first kappa shape index (κ1) is 14.3. The summed E-state index contributed by atoms with van der Waals surface area (Å²) in [6.45, 7) is 1.68. The number of methoxy groups -OCH3 is 1. The third-order valence-electron chi connectivity index (χ3n) is 2.82. The number of aryl methyl sites for hydroxylation is 1. The van der Waals surface area contributed by atoms with Gasteiger partial charge in [0.1, 0.15) is 5.75 Å². The normalized spacial score (nSPS) is 10.4. The van der Waals surface area contributed by atoms with Gasteiger partial charge in [-0.15, -0.1) is 0 Å². The summed E-state index contributed by atoms with van der Waals surface area (Å²) < 4.78 is 19.4. The highest BCUT2D eigenvalue weighted by Crippen LogP contribution is 2.37. The highest BCUT2D eigenvalue weighted by atomic mass is 35.5. The standard InChI is InChI=1S/C14H11ClFNO3/c1-7-5-8(9(6-17-7)14(18)19)12-11(20-2)4-3-10(15)13(12)16/h3-6H,1-2H3,(H,18,19). The van der Waals surface area contributed by atoms with E-state index in [1.807, 2.05) is 0 Å². The predicted molar refractivity (Wildman–Crippen MR) is 72.9 cm³/mol. The van der Waals surface area contributed by atoms with Gasteiger partial charge in [0.2, 0.25) is 0 Å². The summed E-state index contributed by atoms with van der Waals surface area (Å²) in [5.41, 5.74) is 0.645. The lowest BCUT2D eigenvalue weighted by Gasteiger charge is -2.13. The molecule has 0 unspecified atom stereocenters. The maximum Gasteiger partial charge on any atom is 0.337 e. The second kappa shape index (κ2) is 5.46. The van der Waals surface area contributed by atoms with Crippen LogP contribution in [0, 0.1) is 12.7 Å². The molecule has 4 nitrogen and oxygen atoms in total. The predicted octanol–water partition coefficient (Wildman–Crippen LogP) is 3.56. The Hall–Kier alpha value is -2.14. The minimum Gasteiger partial charge on any atom is -0.496 e. The van der Waals surface area contributed by atoms with Gasteiger partial charge >= 0.3 is 5.97 Å². The van der Waals surface area contributed by atoms with Crippen LogP contribution in [0.15, 0.2) is 24.4 Å². The third kappa shape index (κ3) is 2.44. The molecule has 0 radical (unpaired) electrons. The number of hydrogen-bond donors (Lipinski definition) is 1. The van der Waals surface area contributed by atoms with E-state index in [2.05, 4.69) is 4.98 Å². The van der Waals surface area contributed by atoms with Crippen LogP contribution in [0.4, 0.5) is 4.39 Å². The Bertz CT molecular complexity index is 688. The molecule has 1 aromatic heterocycles. The van der Waals surface area contributed by atoms with Crippen LogP contribution >= 0.6 is 11.6 Å². The van der Waals surface area contributed by atoms with Crippen molar-refractivity contribution in [2.24, 2.45) is 0 Å². The first-order valence-electron chi connectivity index (χ1n) is 5.68. The maximum absolute atomic E-state index is 14.3. The second-order valence-corrected chi connectivity index (χ2v) is 4.52. The molecule has 1 heterocycles. The van der Waals surface area contributed by atoms with Gasteiger partial charge in [-0.25, -0.2) is 9.18 Å². The van der Waals surface area contributed by atoms with Gasteiger partial charge in [0.15, 0.2) is 5.82 Å². The van der Waals surface area contributed by atoms with Crippen molar-refractivity contribution < 1.29 is 19.0 Å². The van der Waals surface area contributed by atoms with Crippen LogP contribution in [0.25, 0.3) is 11.1 Å². The lowest BCUT2D eigenvalue weighted by atomic mass is 9.99. The molecule has 1 N–H and O–H groups in total. The molecule has 0 saturated heterocycles. The first-order chi connectivity index (χ1) is 9.45. The Kier molecular flexibility index (Phi) is 3.90. The molecule has 0 fully saturated rings. The molecule has 104 valence electrons. The summed E-state index contributed by atoms with van der Waals surface area (Å²) >= 11 is 5.77. The van der Waals surface area contributed by atoms with Gasteiger partial charge in [-0.2, -0.15) is 0 Å². The van der Waals surface area contributed by atoms with E-state index in [0.717, 1.165) is 0 Å². The summed E-state index contributed by atoms with van der Waals surface area (Å²) in [5.74, 6) is -1.71. The fourth-order valence-corrected chi connectivity index (χ4v) is 2.05. The lowest BCUT2D eigenvalue weighted by Crippen LogP contribution is -2.04. The topological polar surface area (TPSA) is 59.4 Å². The second-order valence-electron chi connectivity index (χ2n) is 4.12. The van der Waals surface area contributed by atoms with E-state index in [-0.39, 0.29) is 27.5 Å². The van der Waals surface area contributed by atoms with Gasteiger partial charge in [-0.05, 0) is 25.1 Å². The van der Waals surface area contributed by atoms with Crippen LogP contribution in [-0.4, -0.2) is 23.2 Å². The molecule has 0 aliphatic carbocycles. The van der Waals surface area contributed by atoms with Crippen molar-refractivity contribution >= 4 is 17.6 Å². The number of carbonyl (C=O) groups is 1. The summed E-state index contributed by atoms with van der Waals surface area (Å²) in [6, 6.07) is 4.33. The Labute approximate surface area is 119 Å². The number of aromatic nitrogens is 1. The molecule has 0 atom stereocenters. The van der Waals surface area contributed by atoms with Crippen molar-refractivity contribution in [1.82, 2.24) is 4.98 Å². The number of nitrogens with zero attached hydrogens (tertiary/aromatic N) is 1. The van der Waals surface area contributed by atoms with E-state index < -0.39 is 11.8 Å². The molecule has 0 aliphatic rings. The number of aromatic carboxylic acids is 1. The van der Waals surface area contributed by atoms with Gasteiger partial charge in [-0.3, -0.25) is 4.98 Å². The molecular formula is C14H11ClFNO3. The molecule has 0 spiro atoms. The zero-order valence-electron chi connectivity index (χ0n) is 10.8. The average molecular weight is 296 g/mol. The number of halogens is 2. The summed E-state index contributed by atoms with van der Waals surface area (Å²) in [7, 11) is 1.38. The van der Waals surface area contributed by atoms with Crippen molar-refractivity contribution in [3.05, 3.63) is 46.5 Å². The molecule has 0 amide bonds. The molecule has 6 heteroatoms. The quantitative estimate of drug-likeness (QED) is 0.940. The van der Waals surface area contributed by atoms with Crippen LogP contribution < -0.4 is 4.74 Å². The van der Waals surface area contributed by atoms with Crippen LogP contribution in [0.1, 0.15) is 16.1 Å². The lowest BCUT2D eigenvalue weighted by molar-refractivity contribution is 0.0697. The number of rotatable bonds is 3. The Morgan fingerprint density at radius 2 is 2.15 bits per heavy atom.